The molecule has 0 aliphatic rings. The Hall–Kier alpha value is -2.01. The Kier molecular flexibility index (Phi) is 4.06. The Morgan fingerprint density at radius 1 is 1.21 bits per heavy atom. The van der Waals surface area contributed by atoms with E-state index < -0.39 is 0 Å². The Balaban J connectivity index is 2.15. The third kappa shape index (κ3) is 3.48. The van der Waals surface area contributed by atoms with Gasteiger partial charge in [0.1, 0.15) is 5.82 Å². The van der Waals surface area contributed by atoms with Crippen LogP contribution in [0.5, 0.6) is 0 Å². The van der Waals surface area contributed by atoms with Gasteiger partial charge in [-0.25, -0.2) is 14.4 Å². The lowest BCUT2D eigenvalue weighted by Gasteiger charge is -2.17. The molecule has 1 heterocycles. The van der Waals surface area contributed by atoms with E-state index >= 15 is 0 Å². The van der Waals surface area contributed by atoms with Crippen molar-refractivity contribution in [2.24, 2.45) is 5.73 Å². The molecule has 5 heteroatoms. The molecule has 4 nitrogen and oxygen atoms in total. The fourth-order valence-corrected chi connectivity index (χ4v) is 1.78. The van der Waals surface area contributed by atoms with Gasteiger partial charge in [-0.05, 0) is 43.2 Å². The van der Waals surface area contributed by atoms with Crippen molar-refractivity contribution >= 4 is 11.6 Å². The van der Waals surface area contributed by atoms with Crippen molar-refractivity contribution in [1.29, 1.82) is 0 Å². The minimum absolute atomic E-state index is 0.0873. The molecule has 1 atom stereocenters. The van der Waals surface area contributed by atoms with Crippen LogP contribution in [0, 0.1) is 5.82 Å². The van der Waals surface area contributed by atoms with Gasteiger partial charge in [0.05, 0.1) is 0 Å². The van der Waals surface area contributed by atoms with Crippen LogP contribution in [0.15, 0.2) is 36.7 Å². The molecule has 1 aromatic carbocycles. The molecule has 0 aliphatic carbocycles. The molecular formula is C14H17FN4. The van der Waals surface area contributed by atoms with Crippen LogP contribution in [-0.4, -0.2) is 23.1 Å². The molecule has 2 N–H and O–H groups in total. The number of aromatic nitrogens is 2. The van der Waals surface area contributed by atoms with Gasteiger partial charge in [0, 0.05) is 31.2 Å². The second-order valence-corrected chi connectivity index (χ2v) is 4.61. The first kappa shape index (κ1) is 13.4. The summed E-state index contributed by atoms with van der Waals surface area (Å²) in [6, 6.07) is 6.29. The monoisotopic (exact) mass is 260 g/mol. The van der Waals surface area contributed by atoms with E-state index in [2.05, 4.69) is 9.97 Å². The summed E-state index contributed by atoms with van der Waals surface area (Å²) < 4.78 is 12.9. The summed E-state index contributed by atoms with van der Waals surface area (Å²) in [5, 5.41) is 0. The van der Waals surface area contributed by atoms with Gasteiger partial charge in [-0.1, -0.05) is 0 Å². The Morgan fingerprint density at radius 2 is 1.79 bits per heavy atom. The molecule has 1 unspecified atom stereocenters. The number of hydrogen-bond donors (Lipinski definition) is 1. The number of hydrogen-bond acceptors (Lipinski definition) is 4. The van der Waals surface area contributed by atoms with E-state index in [0.717, 1.165) is 17.7 Å². The van der Waals surface area contributed by atoms with Gasteiger partial charge in [0.25, 0.3) is 0 Å². The van der Waals surface area contributed by atoms with Gasteiger partial charge in [-0.15, -0.1) is 0 Å². The van der Waals surface area contributed by atoms with Crippen LogP contribution in [0.25, 0.3) is 0 Å². The summed E-state index contributed by atoms with van der Waals surface area (Å²) in [7, 11) is 1.84. The minimum Gasteiger partial charge on any atom is -0.328 e. The number of nitrogens with two attached hydrogens (primary N) is 1. The molecule has 1 aromatic heterocycles. The maximum Gasteiger partial charge on any atom is 0.229 e. The summed E-state index contributed by atoms with van der Waals surface area (Å²) in [5.74, 6) is 0.311. The zero-order valence-electron chi connectivity index (χ0n) is 11.0. The summed E-state index contributed by atoms with van der Waals surface area (Å²) in [5.41, 5.74) is 7.57. The summed E-state index contributed by atoms with van der Waals surface area (Å²) >= 11 is 0. The standard InChI is InChI=1S/C14H17FN4/c1-10(16)7-11-8-17-14(18-9-11)19(2)13-5-3-12(15)4-6-13/h3-6,8-10H,7,16H2,1-2H3. The molecule has 100 valence electrons. The van der Waals surface area contributed by atoms with Crippen molar-refractivity contribution in [2.75, 3.05) is 11.9 Å². The van der Waals surface area contributed by atoms with E-state index in [0.29, 0.717) is 5.95 Å². The fourth-order valence-electron chi connectivity index (χ4n) is 1.78. The molecule has 0 saturated heterocycles. The van der Waals surface area contributed by atoms with E-state index in [9.17, 15) is 4.39 Å². The van der Waals surface area contributed by atoms with Gasteiger partial charge in [0.2, 0.25) is 5.95 Å². The normalized spacial score (nSPS) is 12.2. The van der Waals surface area contributed by atoms with Crippen molar-refractivity contribution in [3.8, 4) is 0 Å². The second kappa shape index (κ2) is 5.75. The highest BCUT2D eigenvalue weighted by Crippen LogP contribution is 2.19. The largest absolute Gasteiger partial charge is 0.328 e. The summed E-state index contributed by atoms with van der Waals surface area (Å²) in [6.07, 6.45) is 4.29. The number of nitrogens with zero attached hydrogens (tertiary/aromatic N) is 3. The number of halogens is 1. The molecular weight excluding hydrogens is 243 g/mol. The lowest BCUT2D eigenvalue weighted by molar-refractivity contribution is 0.628. The van der Waals surface area contributed by atoms with Crippen molar-refractivity contribution in [3.63, 3.8) is 0 Å². The maximum atomic E-state index is 12.9. The second-order valence-electron chi connectivity index (χ2n) is 4.61. The first-order valence-corrected chi connectivity index (χ1v) is 6.12. The lowest BCUT2D eigenvalue weighted by atomic mass is 10.1. The number of benzene rings is 1. The van der Waals surface area contributed by atoms with Crippen LogP contribution in [0.3, 0.4) is 0 Å². The van der Waals surface area contributed by atoms with Gasteiger partial charge >= 0.3 is 0 Å². The molecule has 0 amide bonds. The highest BCUT2D eigenvalue weighted by atomic mass is 19.1. The zero-order chi connectivity index (χ0) is 13.8. The van der Waals surface area contributed by atoms with Crippen molar-refractivity contribution in [2.45, 2.75) is 19.4 Å². The Bertz CT molecular complexity index is 522. The van der Waals surface area contributed by atoms with E-state index in [1.165, 1.54) is 12.1 Å². The highest BCUT2D eigenvalue weighted by molar-refractivity contribution is 5.55. The molecule has 0 bridgehead atoms. The Morgan fingerprint density at radius 3 is 2.32 bits per heavy atom. The van der Waals surface area contributed by atoms with E-state index in [1.54, 1.807) is 29.4 Å². The van der Waals surface area contributed by atoms with Gasteiger partial charge in [0.15, 0.2) is 0 Å². The van der Waals surface area contributed by atoms with E-state index in [1.807, 2.05) is 14.0 Å². The average molecular weight is 260 g/mol. The van der Waals surface area contributed by atoms with E-state index in [-0.39, 0.29) is 11.9 Å². The quantitative estimate of drug-likeness (QED) is 0.916. The van der Waals surface area contributed by atoms with E-state index in [4.69, 9.17) is 5.73 Å². The van der Waals surface area contributed by atoms with Crippen molar-refractivity contribution in [1.82, 2.24) is 9.97 Å². The summed E-state index contributed by atoms with van der Waals surface area (Å²) in [4.78, 5) is 10.4. The molecule has 0 aliphatic heterocycles. The third-order valence-electron chi connectivity index (χ3n) is 2.76. The van der Waals surface area contributed by atoms with Crippen LogP contribution in [0.4, 0.5) is 16.0 Å². The molecule has 2 aromatic rings. The highest BCUT2D eigenvalue weighted by Gasteiger charge is 2.07. The third-order valence-corrected chi connectivity index (χ3v) is 2.76. The topological polar surface area (TPSA) is 55.0 Å². The van der Waals surface area contributed by atoms with Crippen LogP contribution < -0.4 is 10.6 Å². The molecule has 0 spiro atoms. The maximum absolute atomic E-state index is 12.9. The van der Waals surface area contributed by atoms with Gasteiger partial charge < -0.3 is 10.6 Å². The smallest absolute Gasteiger partial charge is 0.229 e. The number of rotatable bonds is 4. The molecule has 2 rings (SSSR count). The van der Waals surface area contributed by atoms with Crippen LogP contribution in [0.1, 0.15) is 12.5 Å². The molecule has 0 radical (unpaired) electrons. The summed E-state index contributed by atoms with van der Waals surface area (Å²) in [6.45, 7) is 1.94. The first-order valence-electron chi connectivity index (χ1n) is 6.12. The van der Waals surface area contributed by atoms with Crippen LogP contribution in [-0.2, 0) is 6.42 Å². The van der Waals surface area contributed by atoms with Gasteiger partial charge in [-0.3, -0.25) is 0 Å². The minimum atomic E-state index is -0.259. The SMILES string of the molecule is CC(N)Cc1cnc(N(C)c2ccc(F)cc2)nc1. The first-order chi connectivity index (χ1) is 9.06. The average Bonchev–Trinajstić information content (AvgIpc) is 2.39. The van der Waals surface area contributed by atoms with Gasteiger partial charge in [-0.2, -0.15) is 0 Å². The molecule has 0 fully saturated rings. The van der Waals surface area contributed by atoms with Crippen molar-refractivity contribution < 1.29 is 4.39 Å². The lowest BCUT2D eigenvalue weighted by Crippen LogP contribution is -2.18. The zero-order valence-corrected chi connectivity index (χ0v) is 11.0. The predicted octanol–water partition coefficient (Wildman–Crippen LogP) is 2.27. The molecule has 0 saturated carbocycles. The number of anilines is 2. The van der Waals surface area contributed by atoms with Crippen LogP contribution in [0.2, 0.25) is 0 Å². The van der Waals surface area contributed by atoms with Crippen LogP contribution >= 0.6 is 0 Å². The fraction of sp³-hybridized carbons (Fsp3) is 0.286. The Labute approximate surface area is 112 Å². The predicted molar refractivity (Wildman–Crippen MR) is 73.8 cm³/mol. The van der Waals surface area contributed by atoms with Crippen molar-refractivity contribution in [3.05, 3.63) is 48.0 Å². The molecule has 19 heavy (non-hydrogen) atoms.